The highest BCUT2D eigenvalue weighted by Gasteiger charge is 2.15. The summed E-state index contributed by atoms with van der Waals surface area (Å²) in [5, 5.41) is 33.2. The number of nitrogens with zero attached hydrogens (tertiary/aromatic N) is 3. The molecule has 0 radical (unpaired) electrons. The molecule has 9 nitrogen and oxygen atoms in total. The monoisotopic (exact) mass is 277 g/mol. The summed E-state index contributed by atoms with van der Waals surface area (Å²) in [5.74, 6) is -1.47. The number of carbonyl (C=O) groups is 2. The zero-order chi connectivity index (χ0) is 14.5. The van der Waals surface area contributed by atoms with E-state index in [4.69, 9.17) is 10.2 Å². The minimum Gasteiger partial charge on any atom is -0.479 e. The lowest BCUT2D eigenvalue weighted by Gasteiger charge is -2.07. The molecule has 1 amide bonds. The maximum atomic E-state index is 11.7. The molecular formula is C11H11N5O4. The summed E-state index contributed by atoms with van der Waals surface area (Å²) in [6.45, 7) is -0.360. The van der Waals surface area contributed by atoms with Crippen LogP contribution in [0.4, 0.5) is 0 Å². The van der Waals surface area contributed by atoms with Gasteiger partial charge in [-0.1, -0.05) is 12.1 Å². The van der Waals surface area contributed by atoms with E-state index in [1.165, 1.54) is 12.1 Å². The van der Waals surface area contributed by atoms with Crippen LogP contribution in [0.15, 0.2) is 24.3 Å². The Morgan fingerprint density at radius 3 is 2.55 bits per heavy atom. The van der Waals surface area contributed by atoms with Gasteiger partial charge in [0.1, 0.15) is 0 Å². The van der Waals surface area contributed by atoms with Gasteiger partial charge < -0.3 is 15.5 Å². The molecule has 9 heteroatoms. The molecule has 1 heterocycles. The summed E-state index contributed by atoms with van der Waals surface area (Å²) < 4.78 is 0. The molecule has 0 saturated carbocycles. The lowest BCUT2D eigenvalue weighted by atomic mass is 10.1. The van der Waals surface area contributed by atoms with Gasteiger partial charge in [0.05, 0.1) is 6.54 Å². The zero-order valence-corrected chi connectivity index (χ0v) is 10.1. The molecule has 0 aliphatic carbocycles. The number of nitrogens with one attached hydrogen (secondary N) is 2. The first kappa shape index (κ1) is 13.6. The normalized spacial score (nSPS) is 11.8. The molecule has 2 aromatic rings. The van der Waals surface area contributed by atoms with Crippen LogP contribution in [0.1, 0.15) is 10.4 Å². The fourth-order valence-corrected chi connectivity index (χ4v) is 1.43. The summed E-state index contributed by atoms with van der Waals surface area (Å²) in [6.07, 6.45) is -1.63. The molecule has 0 saturated heterocycles. The second-order valence-corrected chi connectivity index (χ2v) is 3.88. The van der Waals surface area contributed by atoms with E-state index in [0.29, 0.717) is 17.0 Å². The van der Waals surface area contributed by atoms with Crippen LogP contribution in [-0.4, -0.2) is 55.4 Å². The summed E-state index contributed by atoms with van der Waals surface area (Å²) in [6, 6.07) is 6.34. The van der Waals surface area contributed by atoms with E-state index < -0.39 is 18.0 Å². The Labute approximate surface area is 112 Å². The van der Waals surface area contributed by atoms with Gasteiger partial charge in [-0.3, -0.25) is 4.79 Å². The quantitative estimate of drug-likeness (QED) is 0.551. The first-order valence-electron chi connectivity index (χ1n) is 5.61. The number of aliphatic carboxylic acids is 1. The lowest BCUT2D eigenvalue weighted by Crippen LogP contribution is -2.36. The first-order valence-corrected chi connectivity index (χ1v) is 5.61. The van der Waals surface area contributed by atoms with Gasteiger partial charge in [0.25, 0.3) is 5.91 Å². The van der Waals surface area contributed by atoms with E-state index >= 15 is 0 Å². The average Bonchev–Trinajstić information content (AvgIpc) is 2.98. The van der Waals surface area contributed by atoms with Gasteiger partial charge in [-0.2, -0.15) is 5.21 Å². The van der Waals surface area contributed by atoms with E-state index in [1.807, 2.05) is 0 Å². The van der Waals surface area contributed by atoms with E-state index in [-0.39, 0.29) is 6.54 Å². The second kappa shape index (κ2) is 5.89. The van der Waals surface area contributed by atoms with E-state index in [2.05, 4.69) is 25.9 Å². The molecule has 4 N–H and O–H groups in total. The molecule has 0 bridgehead atoms. The van der Waals surface area contributed by atoms with Gasteiger partial charge in [0.15, 0.2) is 6.10 Å². The number of aliphatic hydroxyl groups is 1. The Hall–Kier alpha value is -2.81. The predicted molar refractivity (Wildman–Crippen MR) is 65.6 cm³/mol. The maximum absolute atomic E-state index is 11.7. The van der Waals surface area contributed by atoms with Crippen molar-refractivity contribution in [1.82, 2.24) is 25.9 Å². The van der Waals surface area contributed by atoms with Gasteiger partial charge in [-0.25, -0.2) is 4.79 Å². The van der Waals surface area contributed by atoms with Crippen LogP contribution in [0, 0.1) is 0 Å². The number of hydrogen-bond acceptors (Lipinski definition) is 6. The van der Waals surface area contributed by atoms with Crippen LogP contribution < -0.4 is 5.32 Å². The number of amides is 1. The summed E-state index contributed by atoms with van der Waals surface area (Å²) in [7, 11) is 0. The van der Waals surface area contributed by atoms with Crippen molar-refractivity contribution < 1.29 is 19.8 Å². The number of aliphatic hydroxyl groups excluding tert-OH is 1. The largest absolute Gasteiger partial charge is 0.479 e. The number of H-pyrrole nitrogens is 1. The van der Waals surface area contributed by atoms with Crippen molar-refractivity contribution >= 4 is 11.9 Å². The smallest absolute Gasteiger partial charge is 0.334 e. The summed E-state index contributed by atoms with van der Waals surface area (Å²) >= 11 is 0. The number of carbonyl (C=O) groups excluding carboxylic acids is 1. The van der Waals surface area contributed by atoms with Crippen LogP contribution in [0.25, 0.3) is 11.4 Å². The van der Waals surface area contributed by atoms with Gasteiger partial charge in [0.2, 0.25) is 5.82 Å². The molecule has 1 unspecified atom stereocenters. The molecule has 104 valence electrons. The number of rotatable bonds is 5. The van der Waals surface area contributed by atoms with E-state index in [9.17, 15) is 9.59 Å². The Morgan fingerprint density at radius 2 is 2.00 bits per heavy atom. The molecule has 1 aromatic heterocycles. The predicted octanol–water partition coefficient (Wildman–Crippen LogP) is -0.958. The Morgan fingerprint density at radius 1 is 1.30 bits per heavy atom. The van der Waals surface area contributed by atoms with Gasteiger partial charge in [-0.05, 0) is 17.3 Å². The van der Waals surface area contributed by atoms with Crippen molar-refractivity contribution in [1.29, 1.82) is 0 Å². The third-order valence-electron chi connectivity index (χ3n) is 2.49. The van der Waals surface area contributed by atoms with Gasteiger partial charge in [0, 0.05) is 11.1 Å². The highest BCUT2D eigenvalue weighted by molar-refractivity contribution is 5.94. The standard InChI is InChI=1S/C11H11N5O4/c17-8(11(19)20)5-12-10(18)7-3-1-6(2-4-7)9-13-15-16-14-9/h1-4,8,17H,5H2,(H,12,18)(H,19,20)(H,13,14,15,16). The van der Waals surface area contributed by atoms with Crippen LogP contribution in [0.3, 0.4) is 0 Å². The number of aromatic nitrogens is 4. The second-order valence-electron chi connectivity index (χ2n) is 3.88. The molecule has 0 spiro atoms. The third kappa shape index (κ3) is 3.14. The average molecular weight is 277 g/mol. The summed E-state index contributed by atoms with van der Waals surface area (Å²) in [4.78, 5) is 22.1. The van der Waals surface area contributed by atoms with Crippen LogP contribution in [0.5, 0.6) is 0 Å². The van der Waals surface area contributed by atoms with Crippen LogP contribution in [0.2, 0.25) is 0 Å². The zero-order valence-electron chi connectivity index (χ0n) is 10.1. The van der Waals surface area contributed by atoms with Crippen LogP contribution in [-0.2, 0) is 4.79 Å². The highest BCUT2D eigenvalue weighted by Crippen LogP contribution is 2.13. The third-order valence-corrected chi connectivity index (χ3v) is 2.49. The van der Waals surface area contributed by atoms with Crippen molar-refractivity contribution in [2.75, 3.05) is 6.54 Å². The Kier molecular flexibility index (Phi) is 4.01. The molecule has 1 aromatic carbocycles. The lowest BCUT2D eigenvalue weighted by molar-refractivity contribution is -0.146. The number of hydrogen-bond donors (Lipinski definition) is 4. The Balaban J connectivity index is 1.99. The first-order chi connectivity index (χ1) is 9.58. The molecule has 0 aliphatic heterocycles. The number of tetrazole rings is 1. The molecular weight excluding hydrogens is 266 g/mol. The molecule has 0 aliphatic rings. The van der Waals surface area contributed by atoms with Crippen molar-refractivity contribution in [3.8, 4) is 11.4 Å². The number of carboxylic acid groups (broad SMARTS) is 1. The molecule has 2 rings (SSSR count). The maximum Gasteiger partial charge on any atom is 0.334 e. The number of benzene rings is 1. The fourth-order valence-electron chi connectivity index (χ4n) is 1.43. The van der Waals surface area contributed by atoms with Gasteiger partial charge >= 0.3 is 5.97 Å². The van der Waals surface area contributed by atoms with E-state index in [0.717, 1.165) is 0 Å². The molecule has 20 heavy (non-hydrogen) atoms. The fraction of sp³-hybridized carbons (Fsp3) is 0.182. The van der Waals surface area contributed by atoms with Crippen molar-refractivity contribution in [3.63, 3.8) is 0 Å². The molecule has 0 fully saturated rings. The highest BCUT2D eigenvalue weighted by atomic mass is 16.4. The van der Waals surface area contributed by atoms with Crippen molar-refractivity contribution in [2.24, 2.45) is 0 Å². The minimum absolute atomic E-state index is 0.329. The SMILES string of the molecule is O=C(NCC(O)C(=O)O)c1ccc(-c2nn[nH]n2)cc1. The topological polar surface area (TPSA) is 141 Å². The Bertz CT molecular complexity index is 596. The van der Waals surface area contributed by atoms with Gasteiger partial charge in [-0.15, -0.1) is 10.2 Å². The van der Waals surface area contributed by atoms with Crippen molar-refractivity contribution in [2.45, 2.75) is 6.10 Å². The minimum atomic E-state index is -1.63. The van der Waals surface area contributed by atoms with Crippen molar-refractivity contribution in [3.05, 3.63) is 29.8 Å². The van der Waals surface area contributed by atoms with E-state index in [1.54, 1.807) is 12.1 Å². The summed E-state index contributed by atoms with van der Waals surface area (Å²) in [5.41, 5.74) is 1.01. The number of carboxylic acids is 1. The number of aromatic amines is 1. The van der Waals surface area contributed by atoms with Crippen LogP contribution >= 0.6 is 0 Å². The molecule has 1 atom stereocenters.